The fourth-order valence-electron chi connectivity index (χ4n) is 2.06. The van der Waals surface area contributed by atoms with Crippen molar-refractivity contribution >= 4 is 16.7 Å². The summed E-state index contributed by atoms with van der Waals surface area (Å²) in [7, 11) is 0. The van der Waals surface area contributed by atoms with Crippen LogP contribution in [0.4, 0.5) is 18.9 Å². The Morgan fingerprint density at radius 1 is 1.00 bits per heavy atom. The first-order chi connectivity index (χ1) is 11.3. The number of fused-ring (bicyclic) bond motifs is 1. The Morgan fingerprint density at radius 3 is 2.38 bits per heavy atom. The van der Waals surface area contributed by atoms with E-state index in [0.29, 0.717) is 17.1 Å². The lowest BCUT2D eigenvalue weighted by Crippen LogP contribution is -2.06. The van der Waals surface area contributed by atoms with E-state index in [9.17, 15) is 23.3 Å². The lowest BCUT2D eigenvalue weighted by molar-refractivity contribution is -0.385. The summed E-state index contributed by atoms with van der Waals surface area (Å²) in [4.78, 5) is 18.2. The minimum absolute atomic E-state index is 0.200. The SMILES string of the molecule is O=[N+]([O-])c1cc(C(F)(F)F)ccc1Oc1ccc2nccnc2c1. The molecule has 3 rings (SSSR count). The Morgan fingerprint density at radius 2 is 1.71 bits per heavy atom. The third kappa shape index (κ3) is 3.09. The lowest BCUT2D eigenvalue weighted by Gasteiger charge is -2.10. The van der Waals surface area contributed by atoms with Crippen molar-refractivity contribution in [3.05, 3.63) is 64.5 Å². The summed E-state index contributed by atoms with van der Waals surface area (Å²) in [6.07, 6.45) is -1.71. The van der Waals surface area contributed by atoms with Crippen molar-refractivity contribution in [1.82, 2.24) is 9.97 Å². The van der Waals surface area contributed by atoms with E-state index in [0.717, 1.165) is 12.1 Å². The van der Waals surface area contributed by atoms with Crippen LogP contribution in [0.15, 0.2) is 48.8 Å². The van der Waals surface area contributed by atoms with Gasteiger partial charge in [-0.15, -0.1) is 0 Å². The molecule has 9 heteroatoms. The van der Waals surface area contributed by atoms with Gasteiger partial charge in [0, 0.05) is 24.5 Å². The highest BCUT2D eigenvalue weighted by molar-refractivity contribution is 5.75. The number of rotatable bonds is 3. The summed E-state index contributed by atoms with van der Waals surface area (Å²) < 4.78 is 43.4. The maximum absolute atomic E-state index is 12.7. The molecule has 0 spiro atoms. The normalized spacial score (nSPS) is 11.5. The quantitative estimate of drug-likeness (QED) is 0.525. The minimum Gasteiger partial charge on any atom is -0.450 e. The number of alkyl halides is 3. The summed E-state index contributed by atoms with van der Waals surface area (Å²) >= 11 is 0. The number of nitro benzene ring substituents is 1. The molecule has 122 valence electrons. The third-order valence-electron chi connectivity index (χ3n) is 3.15. The molecule has 0 radical (unpaired) electrons. The smallest absolute Gasteiger partial charge is 0.416 e. The van der Waals surface area contributed by atoms with E-state index in [4.69, 9.17) is 4.74 Å². The highest BCUT2D eigenvalue weighted by atomic mass is 19.4. The number of hydrogen-bond donors (Lipinski definition) is 0. The van der Waals surface area contributed by atoms with Gasteiger partial charge < -0.3 is 4.74 Å². The molecular formula is C15H8F3N3O3. The molecule has 0 saturated carbocycles. The molecule has 0 atom stereocenters. The molecule has 2 aromatic carbocycles. The highest BCUT2D eigenvalue weighted by Gasteiger charge is 2.33. The molecule has 0 N–H and O–H groups in total. The Balaban J connectivity index is 2.00. The van der Waals surface area contributed by atoms with Crippen molar-refractivity contribution in [2.75, 3.05) is 0 Å². The molecule has 6 nitrogen and oxygen atoms in total. The van der Waals surface area contributed by atoms with Crippen LogP contribution in [-0.2, 0) is 6.18 Å². The van der Waals surface area contributed by atoms with Crippen molar-refractivity contribution in [3.63, 3.8) is 0 Å². The molecule has 0 aliphatic heterocycles. The van der Waals surface area contributed by atoms with Gasteiger partial charge in [0.2, 0.25) is 5.75 Å². The average Bonchev–Trinajstić information content (AvgIpc) is 2.54. The number of ether oxygens (including phenoxy) is 1. The predicted octanol–water partition coefficient (Wildman–Crippen LogP) is 4.35. The second-order valence-corrected chi connectivity index (χ2v) is 4.75. The average molecular weight is 335 g/mol. The zero-order valence-electron chi connectivity index (χ0n) is 11.8. The first kappa shape index (κ1) is 15.7. The monoisotopic (exact) mass is 335 g/mol. The summed E-state index contributed by atoms with van der Waals surface area (Å²) in [5, 5.41) is 11.0. The predicted molar refractivity (Wildman–Crippen MR) is 77.7 cm³/mol. The van der Waals surface area contributed by atoms with Crippen LogP contribution in [0.25, 0.3) is 11.0 Å². The molecule has 1 heterocycles. The Labute approximate surface area is 132 Å². The fourth-order valence-corrected chi connectivity index (χ4v) is 2.06. The van der Waals surface area contributed by atoms with Crippen molar-refractivity contribution in [2.24, 2.45) is 0 Å². The van der Waals surface area contributed by atoms with Crippen LogP contribution in [0.5, 0.6) is 11.5 Å². The number of benzene rings is 2. The molecule has 0 saturated heterocycles. The van der Waals surface area contributed by atoms with Gasteiger partial charge in [-0.3, -0.25) is 20.1 Å². The number of nitrogens with zero attached hydrogens (tertiary/aromatic N) is 3. The maximum atomic E-state index is 12.7. The number of nitro groups is 1. The fraction of sp³-hybridized carbons (Fsp3) is 0.0667. The van der Waals surface area contributed by atoms with E-state index in [1.54, 1.807) is 6.07 Å². The van der Waals surface area contributed by atoms with Gasteiger partial charge in [0.05, 0.1) is 21.5 Å². The molecule has 0 fully saturated rings. The van der Waals surface area contributed by atoms with E-state index in [1.165, 1.54) is 24.5 Å². The van der Waals surface area contributed by atoms with Gasteiger partial charge in [-0.25, -0.2) is 0 Å². The molecular weight excluding hydrogens is 327 g/mol. The number of aromatic nitrogens is 2. The number of hydrogen-bond acceptors (Lipinski definition) is 5. The van der Waals surface area contributed by atoms with Gasteiger partial charge in [0.15, 0.2) is 0 Å². The third-order valence-corrected chi connectivity index (χ3v) is 3.15. The van der Waals surface area contributed by atoms with Gasteiger partial charge in [-0.05, 0) is 24.3 Å². The van der Waals surface area contributed by atoms with Crippen LogP contribution in [0, 0.1) is 10.1 Å². The first-order valence-corrected chi connectivity index (χ1v) is 6.59. The molecule has 1 aromatic heterocycles. The Kier molecular flexibility index (Phi) is 3.76. The molecule has 24 heavy (non-hydrogen) atoms. The van der Waals surface area contributed by atoms with Gasteiger partial charge in [0.25, 0.3) is 0 Å². The molecule has 0 aliphatic carbocycles. The van der Waals surface area contributed by atoms with Crippen LogP contribution >= 0.6 is 0 Å². The summed E-state index contributed by atoms with van der Waals surface area (Å²) in [6.45, 7) is 0. The van der Waals surface area contributed by atoms with E-state index in [2.05, 4.69) is 9.97 Å². The van der Waals surface area contributed by atoms with Gasteiger partial charge >= 0.3 is 11.9 Å². The van der Waals surface area contributed by atoms with Crippen molar-refractivity contribution < 1.29 is 22.8 Å². The Bertz CT molecular complexity index is 928. The van der Waals surface area contributed by atoms with Crippen LogP contribution in [0.3, 0.4) is 0 Å². The van der Waals surface area contributed by atoms with Crippen LogP contribution in [-0.4, -0.2) is 14.9 Å². The zero-order chi connectivity index (χ0) is 17.3. The molecule has 0 amide bonds. The Hall–Kier alpha value is -3.23. The highest BCUT2D eigenvalue weighted by Crippen LogP contribution is 2.38. The van der Waals surface area contributed by atoms with E-state index < -0.39 is 22.4 Å². The molecule has 3 aromatic rings. The topological polar surface area (TPSA) is 78.2 Å². The van der Waals surface area contributed by atoms with Crippen molar-refractivity contribution in [2.45, 2.75) is 6.18 Å². The zero-order valence-corrected chi connectivity index (χ0v) is 11.8. The van der Waals surface area contributed by atoms with Crippen LogP contribution in [0.1, 0.15) is 5.56 Å². The van der Waals surface area contributed by atoms with Gasteiger partial charge in [0.1, 0.15) is 5.75 Å². The molecule has 0 aliphatic rings. The van der Waals surface area contributed by atoms with Crippen LogP contribution < -0.4 is 4.74 Å². The van der Waals surface area contributed by atoms with Crippen molar-refractivity contribution in [1.29, 1.82) is 0 Å². The second kappa shape index (κ2) is 5.76. The maximum Gasteiger partial charge on any atom is 0.416 e. The van der Waals surface area contributed by atoms with E-state index in [1.807, 2.05) is 0 Å². The minimum atomic E-state index is -4.68. The molecule has 0 bridgehead atoms. The molecule has 0 unspecified atom stereocenters. The summed E-state index contributed by atoms with van der Waals surface area (Å²) in [5.41, 5.74) is -0.814. The van der Waals surface area contributed by atoms with E-state index in [-0.39, 0.29) is 11.5 Å². The van der Waals surface area contributed by atoms with Gasteiger partial charge in [-0.2, -0.15) is 13.2 Å². The van der Waals surface area contributed by atoms with Gasteiger partial charge in [-0.1, -0.05) is 0 Å². The van der Waals surface area contributed by atoms with Crippen LogP contribution in [0.2, 0.25) is 0 Å². The first-order valence-electron chi connectivity index (χ1n) is 6.59. The van der Waals surface area contributed by atoms with E-state index >= 15 is 0 Å². The lowest BCUT2D eigenvalue weighted by atomic mass is 10.2. The largest absolute Gasteiger partial charge is 0.450 e. The van der Waals surface area contributed by atoms with Crippen molar-refractivity contribution in [3.8, 4) is 11.5 Å². The summed E-state index contributed by atoms with van der Waals surface area (Å²) in [5.74, 6) is -0.0953. The number of halogens is 3. The second-order valence-electron chi connectivity index (χ2n) is 4.75. The summed E-state index contributed by atoms with van der Waals surface area (Å²) in [6, 6.07) is 6.66. The standard InChI is InChI=1S/C15H8F3N3O3/c16-15(17,18)9-1-4-14(13(7-9)21(22)23)24-10-2-3-11-12(8-10)20-6-5-19-11/h1-8H.